The number of carbonyl (C=O) groups excluding carboxylic acids is 1. The van der Waals surface area contributed by atoms with Crippen molar-refractivity contribution in [3.05, 3.63) is 95.7 Å². The molecule has 2 heterocycles. The maximum Gasteiger partial charge on any atom is 0.268 e. The number of sulfonamides is 1. The van der Waals surface area contributed by atoms with Crippen molar-refractivity contribution in [2.45, 2.75) is 30.4 Å². The summed E-state index contributed by atoms with van der Waals surface area (Å²) >= 11 is 1.17. The van der Waals surface area contributed by atoms with Gasteiger partial charge in [0.25, 0.3) is 10.0 Å². The highest BCUT2D eigenvalue weighted by Crippen LogP contribution is 2.42. The van der Waals surface area contributed by atoms with Crippen molar-refractivity contribution in [1.29, 1.82) is 0 Å². The smallest absolute Gasteiger partial charge is 0.268 e. The highest BCUT2D eigenvalue weighted by molar-refractivity contribution is 7.99. The number of nitrogens with zero attached hydrogens (tertiary/aromatic N) is 3. The summed E-state index contributed by atoms with van der Waals surface area (Å²) in [7, 11) is -3.87. The lowest BCUT2D eigenvalue weighted by molar-refractivity contribution is -0.113. The number of thioether (sulfide) groups is 1. The molecule has 182 valence electrons. The molecule has 0 saturated carbocycles. The summed E-state index contributed by atoms with van der Waals surface area (Å²) in [5, 5.41) is 3.25. The van der Waals surface area contributed by atoms with Gasteiger partial charge in [-0.1, -0.05) is 78.0 Å². The first-order valence-electron chi connectivity index (χ1n) is 11.4. The van der Waals surface area contributed by atoms with Gasteiger partial charge in [-0.25, -0.2) is 18.4 Å². The van der Waals surface area contributed by atoms with Crippen LogP contribution in [0, 0.1) is 13.8 Å². The van der Waals surface area contributed by atoms with Gasteiger partial charge in [0.05, 0.1) is 29.9 Å². The van der Waals surface area contributed by atoms with E-state index in [0.717, 1.165) is 22.4 Å². The maximum atomic E-state index is 13.6. The van der Waals surface area contributed by atoms with Gasteiger partial charge >= 0.3 is 0 Å². The Labute approximate surface area is 214 Å². The molecule has 3 aromatic carbocycles. The molecule has 7 nitrogen and oxygen atoms in total. The molecule has 0 fully saturated rings. The summed E-state index contributed by atoms with van der Waals surface area (Å²) in [5.74, 6) is -0.0870. The number of hydrogen-bond acceptors (Lipinski definition) is 6. The quantitative estimate of drug-likeness (QED) is 0.280. The number of para-hydroxylation sites is 1. The number of aromatic nitrogens is 2. The van der Waals surface area contributed by atoms with Crippen molar-refractivity contribution in [3.63, 3.8) is 0 Å². The van der Waals surface area contributed by atoms with Crippen LogP contribution in [0.1, 0.15) is 16.7 Å². The third kappa shape index (κ3) is 4.72. The molecule has 9 heteroatoms. The van der Waals surface area contributed by atoms with E-state index < -0.39 is 10.0 Å². The second-order valence-electron chi connectivity index (χ2n) is 8.54. The molecule has 1 aliphatic heterocycles. The second-order valence-corrected chi connectivity index (χ2v) is 11.3. The average Bonchev–Trinajstić information content (AvgIpc) is 2.87. The van der Waals surface area contributed by atoms with E-state index in [0.29, 0.717) is 22.1 Å². The second kappa shape index (κ2) is 9.75. The van der Waals surface area contributed by atoms with Crippen molar-refractivity contribution in [2.75, 3.05) is 15.4 Å². The molecule has 0 unspecified atom stereocenters. The van der Waals surface area contributed by atoms with Crippen LogP contribution in [0.15, 0.2) is 89.0 Å². The van der Waals surface area contributed by atoms with Crippen molar-refractivity contribution in [3.8, 4) is 11.3 Å². The number of nitrogens with one attached hydrogen (secondary N) is 1. The third-order valence-corrected chi connectivity index (χ3v) is 8.51. The van der Waals surface area contributed by atoms with Crippen molar-refractivity contribution < 1.29 is 13.2 Å². The van der Waals surface area contributed by atoms with Gasteiger partial charge in [0.15, 0.2) is 5.16 Å². The summed E-state index contributed by atoms with van der Waals surface area (Å²) in [6, 6.07) is 22.6. The zero-order valence-electron chi connectivity index (χ0n) is 19.8. The molecule has 0 spiro atoms. The number of aryl methyl sites for hydroxylation is 2. The minimum Gasteiger partial charge on any atom is -0.325 e. The monoisotopic (exact) mass is 516 g/mol. The Balaban J connectivity index is 1.40. The molecule has 1 aliphatic rings. The molecular weight excluding hydrogens is 492 g/mol. The molecule has 1 aromatic heterocycles. The van der Waals surface area contributed by atoms with Crippen molar-refractivity contribution in [2.24, 2.45) is 0 Å². The number of carbonyl (C=O) groups is 1. The minimum absolute atomic E-state index is 0.0567. The predicted octanol–water partition coefficient (Wildman–Crippen LogP) is 5.20. The van der Waals surface area contributed by atoms with Gasteiger partial charge < -0.3 is 5.32 Å². The lowest BCUT2D eigenvalue weighted by atomic mass is 10.1. The predicted molar refractivity (Wildman–Crippen MR) is 143 cm³/mol. The first kappa shape index (κ1) is 24.0. The van der Waals surface area contributed by atoms with Crippen LogP contribution in [0.5, 0.6) is 0 Å². The van der Waals surface area contributed by atoms with Crippen molar-refractivity contribution >= 4 is 39.1 Å². The standard InChI is InChI=1S/C27H24N4O3S2/c1-18-12-13-22(19(2)14-18)29-25(32)17-35-27-28-15-24-26(30-27)21-10-6-7-11-23(21)31(36(24,33)34)16-20-8-4-3-5-9-20/h3-15H,16-17H2,1-2H3,(H,29,32). The summed E-state index contributed by atoms with van der Waals surface area (Å²) in [6.45, 7) is 4.15. The molecule has 0 radical (unpaired) electrons. The third-order valence-electron chi connectivity index (χ3n) is 5.89. The normalized spacial score (nSPS) is 13.6. The molecular formula is C27H24N4O3S2. The molecule has 0 bridgehead atoms. The number of rotatable bonds is 6. The Hall–Kier alpha value is -3.69. The van der Waals surface area contributed by atoms with Gasteiger partial charge in [0.1, 0.15) is 4.90 Å². The summed E-state index contributed by atoms with van der Waals surface area (Å²) in [6.07, 6.45) is 1.34. The van der Waals surface area contributed by atoms with E-state index in [1.165, 1.54) is 22.3 Å². The summed E-state index contributed by atoms with van der Waals surface area (Å²) < 4.78 is 28.6. The van der Waals surface area contributed by atoms with E-state index >= 15 is 0 Å². The average molecular weight is 517 g/mol. The van der Waals surface area contributed by atoms with E-state index in [4.69, 9.17) is 0 Å². The van der Waals surface area contributed by atoms with Crippen LogP contribution < -0.4 is 9.62 Å². The Morgan fingerprint density at radius 2 is 1.75 bits per heavy atom. The van der Waals surface area contributed by atoms with Gasteiger partial charge in [-0.15, -0.1) is 0 Å². The fourth-order valence-electron chi connectivity index (χ4n) is 4.14. The molecule has 1 N–H and O–H groups in total. The number of amides is 1. The van der Waals surface area contributed by atoms with Crippen LogP contribution in [0.2, 0.25) is 0 Å². The molecule has 5 rings (SSSR count). The van der Waals surface area contributed by atoms with E-state index in [2.05, 4.69) is 15.3 Å². The maximum absolute atomic E-state index is 13.6. The number of anilines is 2. The molecule has 0 atom stereocenters. The zero-order valence-corrected chi connectivity index (χ0v) is 21.4. The Morgan fingerprint density at radius 3 is 2.53 bits per heavy atom. The molecule has 4 aromatic rings. The fraction of sp³-hybridized carbons (Fsp3) is 0.148. The van der Waals surface area contributed by atoms with Gasteiger partial charge in [0, 0.05) is 11.3 Å². The number of hydrogen-bond donors (Lipinski definition) is 1. The number of fused-ring (bicyclic) bond motifs is 3. The molecule has 0 aliphatic carbocycles. The largest absolute Gasteiger partial charge is 0.325 e. The molecule has 1 amide bonds. The summed E-state index contributed by atoms with van der Waals surface area (Å²) in [4.78, 5) is 21.4. The minimum atomic E-state index is -3.87. The van der Waals surface area contributed by atoms with Crippen LogP contribution in [0.4, 0.5) is 11.4 Å². The highest BCUT2D eigenvalue weighted by Gasteiger charge is 2.36. The van der Waals surface area contributed by atoms with Crippen LogP contribution >= 0.6 is 11.8 Å². The Kier molecular flexibility index (Phi) is 6.51. The first-order chi connectivity index (χ1) is 17.3. The highest BCUT2D eigenvalue weighted by atomic mass is 32.2. The zero-order chi connectivity index (χ0) is 25.3. The van der Waals surface area contributed by atoms with Gasteiger partial charge in [-0.05, 0) is 37.1 Å². The first-order valence-corrected chi connectivity index (χ1v) is 13.8. The van der Waals surface area contributed by atoms with Gasteiger partial charge in [-0.2, -0.15) is 0 Å². The van der Waals surface area contributed by atoms with Crippen molar-refractivity contribution in [1.82, 2.24) is 9.97 Å². The van der Waals surface area contributed by atoms with Crippen LogP contribution in [0.25, 0.3) is 11.3 Å². The Morgan fingerprint density at radius 1 is 1.00 bits per heavy atom. The lowest BCUT2D eigenvalue weighted by Gasteiger charge is -2.31. The van der Waals surface area contributed by atoms with Crippen LogP contribution in [-0.4, -0.2) is 30.0 Å². The Bertz CT molecular complexity index is 1560. The lowest BCUT2D eigenvalue weighted by Crippen LogP contribution is -2.34. The van der Waals surface area contributed by atoms with E-state index in [9.17, 15) is 13.2 Å². The summed E-state index contributed by atoms with van der Waals surface area (Å²) in [5.41, 5.74) is 5.37. The molecule has 0 saturated heterocycles. The van der Waals surface area contributed by atoms with E-state index in [1.807, 2.05) is 80.6 Å². The fourth-order valence-corrected chi connectivity index (χ4v) is 6.31. The number of benzene rings is 3. The van der Waals surface area contributed by atoms with Gasteiger partial charge in [-0.3, -0.25) is 9.10 Å². The van der Waals surface area contributed by atoms with Crippen LogP contribution in [-0.2, 0) is 21.4 Å². The molecule has 36 heavy (non-hydrogen) atoms. The SMILES string of the molecule is Cc1ccc(NC(=O)CSc2ncc3c(n2)-c2ccccc2N(Cc2ccccc2)S3(=O)=O)c(C)c1. The topological polar surface area (TPSA) is 92.3 Å². The van der Waals surface area contributed by atoms with Crippen LogP contribution in [0.3, 0.4) is 0 Å². The van der Waals surface area contributed by atoms with Gasteiger partial charge in [0.2, 0.25) is 5.91 Å². The van der Waals surface area contributed by atoms with E-state index in [1.54, 1.807) is 6.07 Å². The van der Waals surface area contributed by atoms with E-state index in [-0.39, 0.29) is 23.1 Å².